The molecule has 0 aliphatic heterocycles. The molecule has 1 atom stereocenters. The second kappa shape index (κ2) is 13.8. The van der Waals surface area contributed by atoms with Crippen molar-refractivity contribution in [1.82, 2.24) is 4.98 Å². The molecule has 180 valence electrons. The van der Waals surface area contributed by atoms with Gasteiger partial charge >= 0.3 is 6.18 Å². The zero-order valence-electron chi connectivity index (χ0n) is 20.2. The van der Waals surface area contributed by atoms with Gasteiger partial charge in [-0.2, -0.15) is 18.4 Å². The van der Waals surface area contributed by atoms with E-state index in [0.717, 1.165) is 12.8 Å². The number of carbonyl (C=O) groups excluding carboxylic acids is 1. The maximum Gasteiger partial charge on any atom is 0.395 e. The summed E-state index contributed by atoms with van der Waals surface area (Å²) in [6.07, 6.45) is 4.08. The van der Waals surface area contributed by atoms with E-state index in [2.05, 4.69) is 37.9 Å². The number of ketones is 1. The van der Waals surface area contributed by atoms with E-state index >= 15 is 0 Å². The van der Waals surface area contributed by atoms with Gasteiger partial charge in [-0.15, -0.1) is 0 Å². The Bertz CT molecular complexity index is 876. The van der Waals surface area contributed by atoms with Gasteiger partial charge in [-0.05, 0) is 55.7 Å². The van der Waals surface area contributed by atoms with Crippen LogP contribution in [0.15, 0.2) is 42.6 Å². The van der Waals surface area contributed by atoms with Crippen molar-refractivity contribution in [2.75, 3.05) is 0 Å². The van der Waals surface area contributed by atoms with Crippen molar-refractivity contribution in [3.05, 3.63) is 65.0 Å². The molecular weight excluding hydrogens is 425 g/mol. The Hall–Kier alpha value is -2.68. The standard InChI is InChI=1S/C13H16N2.C11H11F3O.C3H8/c1-10-2-4-11(5-3-10)12-6-7-13(8-14)15-9-12;1-7(11(12,13)14)9-3-5-10(6-4-9)8(2)15;1-3-2/h6-7,9-11H,2-5H2,1H3;3-7H,1-2H3;3H2,1-2H3. The number of pyridine rings is 1. The number of rotatable bonds is 3. The topological polar surface area (TPSA) is 53.8 Å². The van der Waals surface area contributed by atoms with E-state index in [9.17, 15) is 18.0 Å². The number of nitrogens with zero attached hydrogens (tertiary/aromatic N) is 2. The van der Waals surface area contributed by atoms with Gasteiger partial charge in [0.15, 0.2) is 5.78 Å². The molecule has 3 rings (SSSR count). The highest BCUT2D eigenvalue weighted by Gasteiger charge is 2.36. The van der Waals surface area contributed by atoms with E-state index in [0.29, 0.717) is 17.2 Å². The molecule has 1 fully saturated rings. The second-order valence-electron chi connectivity index (χ2n) is 8.69. The molecule has 0 saturated heterocycles. The third-order valence-electron chi connectivity index (χ3n) is 5.70. The van der Waals surface area contributed by atoms with Crippen molar-refractivity contribution in [2.24, 2.45) is 5.92 Å². The van der Waals surface area contributed by atoms with Crippen LogP contribution < -0.4 is 0 Å². The third kappa shape index (κ3) is 9.77. The maximum absolute atomic E-state index is 12.3. The van der Waals surface area contributed by atoms with Gasteiger partial charge in [0, 0.05) is 11.8 Å². The number of nitriles is 1. The molecule has 1 aromatic carbocycles. The fraction of sp³-hybridized carbons (Fsp3) is 0.519. The SMILES string of the molecule is CC(=O)c1ccc(C(C)C(F)(F)F)cc1.CC1CCC(c2ccc(C#N)nc2)CC1.CCC. The average molecular weight is 461 g/mol. The Morgan fingerprint density at radius 3 is 2.03 bits per heavy atom. The van der Waals surface area contributed by atoms with Gasteiger partial charge in [0.25, 0.3) is 0 Å². The summed E-state index contributed by atoms with van der Waals surface area (Å²) in [6.45, 7) is 9.05. The average Bonchev–Trinajstić information content (AvgIpc) is 2.79. The van der Waals surface area contributed by atoms with E-state index < -0.39 is 12.1 Å². The lowest BCUT2D eigenvalue weighted by Crippen LogP contribution is -2.17. The van der Waals surface area contributed by atoms with Crippen LogP contribution in [0.3, 0.4) is 0 Å². The molecule has 1 heterocycles. The molecule has 1 aliphatic rings. The third-order valence-corrected chi connectivity index (χ3v) is 5.70. The van der Waals surface area contributed by atoms with Crippen molar-refractivity contribution in [2.45, 2.75) is 84.7 Å². The van der Waals surface area contributed by atoms with Crippen LogP contribution >= 0.6 is 0 Å². The Morgan fingerprint density at radius 2 is 1.64 bits per heavy atom. The molecule has 1 saturated carbocycles. The van der Waals surface area contributed by atoms with Gasteiger partial charge in [-0.3, -0.25) is 4.79 Å². The largest absolute Gasteiger partial charge is 0.395 e. The van der Waals surface area contributed by atoms with Crippen LogP contribution in [0.4, 0.5) is 13.2 Å². The van der Waals surface area contributed by atoms with Crippen LogP contribution in [0.5, 0.6) is 0 Å². The quantitative estimate of drug-likeness (QED) is 0.434. The molecule has 0 N–H and O–H groups in total. The first kappa shape index (κ1) is 28.4. The Labute approximate surface area is 196 Å². The van der Waals surface area contributed by atoms with Crippen LogP contribution in [-0.4, -0.2) is 16.9 Å². The molecule has 0 bridgehead atoms. The van der Waals surface area contributed by atoms with Crippen LogP contribution in [-0.2, 0) is 0 Å². The molecule has 3 nitrogen and oxygen atoms in total. The highest BCUT2D eigenvalue weighted by Crippen LogP contribution is 2.35. The molecule has 1 unspecified atom stereocenters. The van der Waals surface area contributed by atoms with E-state index in [1.54, 1.807) is 0 Å². The lowest BCUT2D eigenvalue weighted by molar-refractivity contribution is -0.146. The predicted octanol–water partition coefficient (Wildman–Crippen LogP) is 8.22. The fourth-order valence-corrected chi connectivity index (χ4v) is 3.50. The van der Waals surface area contributed by atoms with E-state index in [1.807, 2.05) is 12.3 Å². The first-order valence-corrected chi connectivity index (χ1v) is 11.6. The summed E-state index contributed by atoms with van der Waals surface area (Å²) in [4.78, 5) is 15.0. The van der Waals surface area contributed by atoms with Gasteiger partial charge in [-0.1, -0.05) is 70.4 Å². The minimum absolute atomic E-state index is 0.152. The Kier molecular flexibility index (Phi) is 11.8. The van der Waals surface area contributed by atoms with Crippen LogP contribution in [0.1, 0.15) is 106 Å². The smallest absolute Gasteiger partial charge is 0.295 e. The normalized spacial score (nSPS) is 18.5. The number of carbonyl (C=O) groups is 1. The molecule has 0 spiro atoms. The Morgan fingerprint density at radius 1 is 1.09 bits per heavy atom. The maximum atomic E-state index is 12.3. The summed E-state index contributed by atoms with van der Waals surface area (Å²) < 4.78 is 37.0. The predicted molar refractivity (Wildman–Crippen MR) is 126 cm³/mol. The van der Waals surface area contributed by atoms with Crippen molar-refractivity contribution in [3.63, 3.8) is 0 Å². The number of hydrogen-bond acceptors (Lipinski definition) is 3. The second-order valence-corrected chi connectivity index (χ2v) is 8.69. The summed E-state index contributed by atoms with van der Waals surface area (Å²) in [5.74, 6) is -0.103. The van der Waals surface area contributed by atoms with Crippen LogP contribution in [0.2, 0.25) is 0 Å². The fourth-order valence-electron chi connectivity index (χ4n) is 3.50. The van der Waals surface area contributed by atoms with Crippen LogP contribution in [0, 0.1) is 17.2 Å². The minimum atomic E-state index is -4.24. The number of hydrogen-bond donors (Lipinski definition) is 0. The summed E-state index contributed by atoms with van der Waals surface area (Å²) in [6, 6.07) is 11.5. The summed E-state index contributed by atoms with van der Waals surface area (Å²) in [5.41, 5.74) is 2.42. The first-order chi connectivity index (χ1) is 15.5. The summed E-state index contributed by atoms with van der Waals surface area (Å²) >= 11 is 0. The molecular formula is C27H35F3N2O. The monoisotopic (exact) mass is 460 g/mol. The highest BCUT2D eigenvalue weighted by molar-refractivity contribution is 5.94. The zero-order valence-corrected chi connectivity index (χ0v) is 20.2. The van der Waals surface area contributed by atoms with E-state index in [4.69, 9.17) is 5.26 Å². The number of halogens is 3. The first-order valence-electron chi connectivity index (χ1n) is 11.6. The molecule has 1 aromatic heterocycles. The van der Waals surface area contributed by atoms with E-state index in [1.165, 1.54) is 68.9 Å². The zero-order chi connectivity index (χ0) is 25.0. The van der Waals surface area contributed by atoms with Gasteiger partial charge in [0.05, 0.1) is 5.92 Å². The number of benzene rings is 1. The minimum Gasteiger partial charge on any atom is -0.295 e. The lowest BCUT2D eigenvalue weighted by Gasteiger charge is -2.26. The van der Waals surface area contributed by atoms with Crippen molar-refractivity contribution < 1.29 is 18.0 Å². The number of Topliss-reactive ketones (excluding diaryl/α,β-unsaturated/α-hetero) is 1. The molecule has 2 aromatic rings. The summed E-state index contributed by atoms with van der Waals surface area (Å²) in [5, 5.41) is 8.66. The van der Waals surface area contributed by atoms with Gasteiger partial charge in [0.1, 0.15) is 11.8 Å². The van der Waals surface area contributed by atoms with Gasteiger partial charge in [0.2, 0.25) is 0 Å². The van der Waals surface area contributed by atoms with Crippen molar-refractivity contribution in [3.8, 4) is 6.07 Å². The molecule has 0 amide bonds. The molecule has 33 heavy (non-hydrogen) atoms. The number of aromatic nitrogens is 1. The molecule has 1 aliphatic carbocycles. The van der Waals surface area contributed by atoms with Gasteiger partial charge < -0.3 is 0 Å². The lowest BCUT2D eigenvalue weighted by atomic mass is 9.80. The molecule has 6 heteroatoms. The van der Waals surface area contributed by atoms with Crippen molar-refractivity contribution >= 4 is 5.78 Å². The van der Waals surface area contributed by atoms with Crippen LogP contribution in [0.25, 0.3) is 0 Å². The highest BCUT2D eigenvalue weighted by atomic mass is 19.4. The number of alkyl halides is 3. The Balaban J connectivity index is 0.000000295. The summed E-state index contributed by atoms with van der Waals surface area (Å²) in [7, 11) is 0. The molecule has 0 radical (unpaired) electrons. The van der Waals surface area contributed by atoms with E-state index in [-0.39, 0.29) is 11.3 Å². The van der Waals surface area contributed by atoms with Crippen molar-refractivity contribution in [1.29, 1.82) is 5.26 Å². The van der Waals surface area contributed by atoms with Gasteiger partial charge in [-0.25, -0.2) is 4.98 Å².